The van der Waals surface area contributed by atoms with Gasteiger partial charge in [-0.15, -0.1) is 0 Å². The zero-order chi connectivity index (χ0) is 15.1. The minimum atomic E-state index is -4.39. The smallest absolute Gasteiger partial charge is 0.321 e. The number of benzene rings is 1. The maximum Gasteiger partial charge on any atom is 0.391 e. The van der Waals surface area contributed by atoms with E-state index in [4.69, 9.17) is 5.73 Å². The molecule has 0 heterocycles. The molecule has 1 aromatic carbocycles. The maximum absolute atomic E-state index is 14.1. The highest BCUT2D eigenvalue weighted by Crippen LogP contribution is 2.46. The van der Waals surface area contributed by atoms with Gasteiger partial charge >= 0.3 is 6.18 Å². The van der Waals surface area contributed by atoms with Crippen LogP contribution in [0.15, 0.2) is 12.1 Å². The van der Waals surface area contributed by atoms with Crippen molar-refractivity contribution in [1.29, 1.82) is 0 Å². The minimum Gasteiger partial charge on any atom is -0.321 e. The highest BCUT2D eigenvalue weighted by molar-refractivity contribution is 5.33. The van der Waals surface area contributed by atoms with Crippen molar-refractivity contribution in [2.75, 3.05) is 0 Å². The number of alkyl halides is 3. The number of rotatable bonds is 1. The summed E-state index contributed by atoms with van der Waals surface area (Å²) in [5.41, 5.74) is 4.13. The molecule has 0 amide bonds. The zero-order valence-electron chi connectivity index (χ0n) is 11.0. The lowest BCUT2D eigenvalue weighted by Crippen LogP contribution is -2.46. The summed E-state index contributed by atoms with van der Waals surface area (Å²) >= 11 is 0. The molecule has 2 rings (SSSR count). The molecular formula is C14H16F5N. The Hall–Kier alpha value is -1.17. The third kappa shape index (κ3) is 2.66. The summed E-state index contributed by atoms with van der Waals surface area (Å²) in [7, 11) is 0. The minimum absolute atomic E-state index is 0.0441. The Bertz CT molecular complexity index is 511. The summed E-state index contributed by atoms with van der Waals surface area (Å²) in [4.78, 5) is 0. The van der Waals surface area contributed by atoms with Gasteiger partial charge in [0, 0.05) is 11.1 Å². The van der Waals surface area contributed by atoms with Crippen LogP contribution in [0.2, 0.25) is 0 Å². The number of halogens is 5. The molecule has 1 aliphatic carbocycles. The largest absolute Gasteiger partial charge is 0.391 e. The van der Waals surface area contributed by atoms with Gasteiger partial charge in [-0.1, -0.05) is 12.5 Å². The first-order valence-corrected chi connectivity index (χ1v) is 6.46. The lowest BCUT2D eigenvalue weighted by atomic mass is 9.71. The predicted molar refractivity (Wildman–Crippen MR) is 65.0 cm³/mol. The summed E-state index contributed by atoms with van der Waals surface area (Å²) in [5.74, 6) is -3.32. The lowest BCUT2D eigenvalue weighted by Gasteiger charge is -2.39. The second-order valence-electron chi connectivity index (χ2n) is 5.54. The average Bonchev–Trinajstić information content (AvgIpc) is 2.33. The van der Waals surface area contributed by atoms with E-state index in [2.05, 4.69) is 0 Å². The molecular weight excluding hydrogens is 277 g/mol. The SMILES string of the molecule is Cc1ccc(F)c(C2(N)CCCC(C(F)(F)F)C2)c1F. The quantitative estimate of drug-likeness (QED) is 0.772. The van der Waals surface area contributed by atoms with Crippen LogP contribution in [-0.2, 0) is 5.54 Å². The molecule has 0 bridgehead atoms. The first-order valence-electron chi connectivity index (χ1n) is 6.46. The van der Waals surface area contributed by atoms with Crippen molar-refractivity contribution in [1.82, 2.24) is 0 Å². The summed E-state index contributed by atoms with van der Waals surface area (Å²) in [5, 5.41) is 0. The van der Waals surface area contributed by atoms with Crippen molar-refractivity contribution in [3.8, 4) is 0 Å². The van der Waals surface area contributed by atoms with Crippen molar-refractivity contribution >= 4 is 0 Å². The monoisotopic (exact) mass is 293 g/mol. The van der Waals surface area contributed by atoms with E-state index in [0.29, 0.717) is 0 Å². The van der Waals surface area contributed by atoms with Gasteiger partial charge in [-0.05, 0) is 37.8 Å². The summed E-state index contributed by atoms with van der Waals surface area (Å²) in [6, 6.07) is 2.31. The Balaban J connectivity index is 2.43. The highest BCUT2D eigenvalue weighted by atomic mass is 19.4. The topological polar surface area (TPSA) is 26.0 Å². The van der Waals surface area contributed by atoms with Crippen molar-refractivity contribution < 1.29 is 22.0 Å². The molecule has 0 radical (unpaired) electrons. The molecule has 1 saturated carbocycles. The number of hydrogen-bond donors (Lipinski definition) is 1. The van der Waals surface area contributed by atoms with Gasteiger partial charge in [0.1, 0.15) is 11.6 Å². The average molecular weight is 293 g/mol. The summed E-state index contributed by atoms with van der Waals surface area (Å²) < 4.78 is 66.5. The van der Waals surface area contributed by atoms with Gasteiger partial charge in [0.05, 0.1) is 5.92 Å². The van der Waals surface area contributed by atoms with Crippen molar-refractivity contribution in [3.05, 3.63) is 34.9 Å². The molecule has 2 N–H and O–H groups in total. The standard InChI is InChI=1S/C14H16F5N/c1-8-4-5-10(15)11(12(8)16)13(20)6-2-3-9(7-13)14(17,18)19/h4-5,9H,2-3,6-7,20H2,1H3. The van der Waals surface area contributed by atoms with Gasteiger partial charge in [-0.3, -0.25) is 0 Å². The number of nitrogens with two attached hydrogens (primary N) is 1. The zero-order valence-corrected chi connectivity index (χ0v) is 11.0. The fourth-order valence-corrected chi connectivity index (χ4v) is 2.93. The van der Waals surface area contributed by atoms with Gasteiger partial charge in [0.25, 0.3) is 0 Å². The van der Waals surface area contributed by atoms with Crippen LogP contribution < -0.4 is 5.73 Å². The van der Waals surface area contributed by atoms with Gasteiger partial charge < -0.3 is 5.73 Å². The lowest BCUT2D eigenvalue weighted by molar-refractivity contribution is -0.187. The Kier molecular flexibility index (Phi) is 3.79. The van der Waals surface area contributed by atoms with E-state index in [1.165, 1.54) is 13.0 Å². The molecule has 0 saturated heterocycles. The van der Waals surface area contributed by atoms with E-state index in [9.17, 15) is 22.0 Å². The van der Waals surface area contributed by atoms with Crippen molar-refractivity contribution in [2.45, 2.75) is 44.3 Å². The highest BCUT2D eigenvalue weighted by Gasteiger charge is 2.48. The van der Waals surface area contributed by atoms with Crippen LogP contribution in [0.5, 0.6) is 0 Å². The third-order valence-corrected chi connectivity index (χ3v) is 4.03. The molecule has 112 valence electrons. The van der Waals surface area contributed by atoms with E-state index < -0.39 is 41.3 Å². The molecule has 0 aromatic heterocycles. The molecule has 0 aliphatic heterocycles. The van der Waals surface area contributed by atoms with Crippen LogP contribution in [0.25, 0.3) is 0 Å². The fourth-order valence-electron chi connectivity index (χ4n) is 2.93. The Labute approximate surface area is 114 Å². The second-order valence-corrected chi connectivity index (χ2v) is 5.54. The van der Waals surface area contributed by atoms with Crippen LogP contribution in [0, 0.1) is 24.5 Å². The molecule has 6 heteroatoms. The maximum atomic E-state index is 14.1. The van der Waals surface area contributed by atoms with Crippen molar-refractivity contribution in [3.63, 3.8) is 0 Å². The Morgan fingerprint density at radius 3 is 2.50 bits per heavy atom. The number of aryl methyl sites for hydroxylation is 1. The van der Waals surface area contributed by atoms with Gasteiger partial charge in [-0.2, -0.15) is 13.2 Å². The van der Waals surface area contributed by atoms with Crippen molar-refractivity contribution in [2.24, 2.45) is 11.7 Å². The van der Waals surface area contributed by atoms with Crippen LogP contribution in [0.3, 0.4) is 0 Å². The summed E-state index contributed by atoms with van der Waals surface area (Å²) in [6.07, 6.45) is -4.56. The normalized spacial score (nSPS) is 27.6. The molecule has 2 atom stereocenters. The first kappa shape index (κ1) is 15.2. The van der Waals surface area contributed by atoms with E-state index >= 15 is 0 Å². The molecule has 1 aliphatic rings. The first-order chi connectivity index (χ1) is 9.15. The van der Waals surface area contributed by atoms with Crippen LogP contribution in [0.1, 0.15) is 36.8 Å². The molecule has 20 heavy (non-hydrogen) atoms. The van der Waals surface area contributed by atoms with Crippen LogP contribution >= 0.6 is 0 Å². The van der Waals surface area contributed by atoms with E-state index in [1.807, 2.05) is 0 Å². The van der Waals surface area contributed by atoms with E-state index in [0.717, 1.165) is 6.07 Å². The predicted octanol–water partition coefficient (Wildman–Crippen LogP) is 4.18. The Morgan fingerprint density at radius 1 is 1.25 bits per heavy atom. The molecule has 2 unspecified atom stereocenters. The van der Waals surface area contributed by atoms with Crippen LogP contribution in [-0.4, -0.2) is 6.18 Å². The molecule has 1 aromatic rings. The Morgan fingerprint density at radius 2 is 1.90 bits per heavy atom. The van der Waals surface area contributed by atoms with Crippen LogP contribution in [0.4, 0.5) is 22.0 Å². The third-order valence-electron chi connectivity index (χ3n) is 4.03. The van der Waals surface area contributed by atoms with Gasteiger partial charge in [0.15, 0.2) is 0 Å². The second kappa shape index (κ2) is 4.98. The molecule has 0 spiro atoms. The van der Waals surface area contributed by atoms with Gasteiger partial charge in [-0.25, -0.2) is 8.78 Å². The molecule has 1 nitrogen and oxygen atoms in total. The fraction of sp³-hybridized carbons (Fsp3) is 0.571. The van der Waals surface area contributed by atoms with Gasteiger partial charge in [0.2, 0.25) is 0 Å². The number of hydrogen-bond acceptors (Lipinski definition) is 1. The summed E-state index contributed by atoms with van der Waals surface area (Å²) in [6.45, 7) is 1.44. The van der Waals surface area contributed by atoms with E-state index in [-0.39, 0.29) is 24.8 Å². The molecule has 1 fully saturated rings. The van der Waals surface area contributed by atoms with E-state index in [1.54, 1.807) is 0 Å².